The van der Waals surface area contributed by atoms with Gasteiger partial charge in [-0.05, 0) is 36.8 Å². The van der Waals surface area contributed by atoms with Crippen molar-refractivity contribution in [1.82, 2.24) is 5.32 Å². The van der Waals surface area contributed by atoms with E-state index >= 15 is 0 Å². The monoisotopic (exact) mass is 293 g/mol. The molecule has 0 spiro atoms. The lowest BCUT2D eigenvalue weighted by molar-refractivity contribution is 0.413. The van der Waals surface area contributed by atoms with Gasteiger partial charge in [-0.25, -0.2) is 4.39 Å². The van der Waals surface area contributed by atoms with E-state index in [4.69, 9.17) is 16.3 Å². The molecule has 1 atom stereocenters. The lowest BCUT2D eigenvalue weighted by Crippen LogP contribution is -2.18. The molecule has 0 bridgehead atoms. The smallest absolute Gasteiger partial charge is 0.129 e. The molecule has 0 radical (unpaired) electrons. The summed E-state index contributed by atoms with van der Waals surface area (Å²) in [5.74, 6) is 0.525. The molecule has 2 rings (SSSR count). The molecule has 0 aliphatic rings. The maximum atomic E-state index is 13.7. The van der Waals surface area contributed by atoms with E-state index in [1.807, 2.05) is 31.2 Å². The van der Waals surface area contributed by atoms with Crippen LogP contribution in [0.2, 0.25) is 5.02 Å². The zero-order chi connectivity index (χ0) is 14.5. The van der Waals surface area contributed by atoms with Gasteiger partial charge in [-0.2, -0.15) is 0 Å². The molecule has 0 fully saturated rings. The van der Waals surface area contributed by atoms with Gasteiger partial charge >= 0.3 is 0 Å². The topological polar surface area (TPSA) is 21.3 Å². The van der Waals surface area contributed by atoms with E-state index in [1.165, 1.54) is 6.07 Å². The first-order valence-corrected chi connectivity index (χ1v) is 6.79. The van der Waals surface area contributed by atoms with Crippen LogP contribution in [0.3, 0.4) is 0 Å². The molecule has 0 amide bonds. The minimum atomic E-state index is -0.289. The molecule has 0 heterocycles. The van der Waals surface area contributed by atoms with Gasteiger partial charge in [0.15, 0.2) is 0 Å². The number of methoxy groups -OCH3 is 1. The second kappa shape index (κ2) is 6.73. The average molecular weight is 294 g/mol. The van der Waals surface area contributed by atoms with Crippen molar-refractivity contribution in [3.05, 3.63) is 64.4 Å². The van der Waals surface area contributed by atoms with E-state index in [0.717, 1.165) is 11.3 Å². The highest BCUT2D eigenvalue weighted by Crippen LogP contribution is 2.20. The fourth-order valence-corrected chi connectivity index (χ4v) is 2.12. The number of nitrogens with one attached hydrogen (secondary N) is 1. The van der Waals surface area contributed by atoms with E-state index in [2.05, 4.69) is 5.32 Å². The Kier molecular flexibility index (Phi) is 4.99. The lowest BCUT2D eigenvalue weighted by Gasteiger charge is -2.15. The second-order valence-electron chi connectivity index (χ2n) is 4.61. The van der Waals surface area contributed by atoms with Crippen molar-refractivity contribution in [3.8, 4) is 5.75 Å². The van der Waals surface area contributed by atoms with Crippen LogP contribution in [0.4, 0.5) is 4.39 Å². The third-order valence-corrected chi connectivity index (χ3v) is 3.44. The number of hydrogen-bond donors (Lipinski definition) is 1. The van der Waals surface area contributed by atoms with Crippen LogP contribution < -0.4 is 10.1 Å². The third kappa shape index (κ3) is 3.71. The van der Waals surface area contributed by atoms with Crippen molar-refractivity contribution >= 4 is 11.6 Å². The predicted octanol–water partition coefficient (Wildman–Crippen LogP) is 4.34. The fourth-order valence-electron chi connectivity index (χ4n) is 1.96. The molecule has 2 aromatic rings. The van der Waals surface area contributed by atoms with Crippen molar-refractivity contribution in [2.45, 2.75) is 19.5 Å². The van der Waals surface area contributed by atoms with Gasteiger partial charge in [-0.3, -0.25) is 0 Å². The summed E-state index contributed by atoms with van der Waals surface area (Å²) in [6.07, 6.45) is 0. The van der Waals surface area contributed by atoms with Crippen LogP contribution in [0.25, 0.3) is 0 Å². The predicted molar refractivity (Wildman–Crippen MR) is 79.7 cm³/mol. The molecule has 0 saturated heterocycles. The average Bonchev–Trinajstić information content (AvgIpc) is 2.46. The summed E-state index contributed by atoms with van der Waals surface area (Å²) in [6, 6.07) is 12.6. The van der Waals surface area contributed by atoms with Gasteiger partial charge in [-0.1, -0.05) is 29.8 Å². The van der Waals surface area contributed by atoms with Gasteiger partial charge in [0.1, 0.15) is 11.6 Å². The van der Waals surface area contributed by atoms with Gasteiger partial charge in [0.05, 0.1) is 7.11 Å². The Hall–Kier alpha value is -1.58. The largest absolute Gasteiger partial charge is 0.497 e. The molecule has 2 aromatic carbocycles. The van der Waals surface area contributed by atoms with Gasteiger partial charge in [-0.15, -0.1) is 0 Å². The summed E-state index contributed by atoms with van der Waals surface area (Å²) in [5.41, 5.74) is 1.70. The summed E-state index contributed by atoms with van der Waals surface area (Å²) in [4.78, 5) is 0. The maximum absolute atomic E-state index is 13.7. The molecule has 0 saturated carbocycles. The normalized spacial score (nSPS) is 12.2. The molecule has 2 nitrogen and oxygen atoms in total. The fraction of sp³-hybridized carbons (Fsp3) is 0.250. The quantitative estimate of drug-likeness (QED) is 0.885. The molecular formula is C16H17ClFNO. The van der Waals surface area contributed by atoms with Crippen molar-refractivity contribution in [1.29, 1.82) is 0 Å². The summed E-state index contributed by atoms with van der Waals surface area (Å²) < 4.78 is 18.9. The highest BCUT2D eigenvalue weighted by molar-refractivity contribution is 6.30. The van der Waals surface area contributed by atoms with Gasteiger partial charge in [0.25, 0.3) is 0 Å². The highest BCUT2D eigenvalue weighted by atomic mass is 35.5. The molecular weight excluding hydrogens is 277 g/mol. The minimum absolute atomic E-state index is 0.0974. The Bertz CT molecular complexity index is 588. The molecule has 0 aromatic heterocycles. The number of rotatable bonds is 5. The number of benzene rings is 2. The standard InChI is InChI=1S/C16H17ClFNO/c1-11(12-4-3-5-15(8-12)20-2)19-10-13-6-7-14(17)9-16(13)18/h3-9,11,19H,10H2,1-2H3/t11-/m0/s1. The van der Waals surface area contributed by atoms with Crippen LogP contribution in [0.1, 0.15) is 24.1 Å². The van der Waals surface area contributed by atoms with Crippen LogP contribution in [-0.2, 0) is 6.54 Å². The number of hydrogen-bond acceptors (Lipinski definition) is 2. The number of halogens is 2. The first-order chi connectivity index (χ1) is 9.60. The van der Waals surface area contributed by atoms with E-state index in [-0.39, 0.29) is 11.9 Å². The summed E-state index contributed by atoms with van der Waals surface area (Å²) in [5, 5.41) is 3.70. The first-order valence-electron chi connectivity index (χ1n) is 6.41. The molecule has 0 unspecified atom stereocenters. The van der Waals surface area contributed by atoms with E-state index < -0.39 is 0 Å². The molecule has 20 heavy (non-hydrogen) atoms. The van der Waals surface area contributed by atoms with Crippen molar-refractivity contribution in [2.24, 2.45) is 0 Å². The zero-order valence-corrected chi connectivity index (χ0v) is 12.2. The van der Waals surface area contributed by atoms with E-state index in [9.17, 15) is 4.39 Å². The Morgan fingerprint density at radius 1 is 1.25 bits per heavy atom. The summed E-state index contributed by atoms with van der Waals surface area (Å²) in [7, 11) is 1.64. The Labute approximate surface area is 123 Å². The maximum Gasteiger partial charge on any atom is 0.129 e. The van der Waals surface area contributed by atoms with Crippen molar-refractivity contribution in [2.75, 3.05) is 7.11 Å². The SMILES string of the molecule is COc1cccc([C@H](C)NCc2ccc(Cl)cc2F)c1. The van der Waals surface area contributed by atoms with Crippen LogP contribution >= 0.6 is 11.6 Å². The van der Waals surface area contributed by atoms with Crippen LogP contribution in [0.15, 0.2) is 42.5 Å². The van der Waals surface area contributed by atoms with Crippen molar-refractivity contribution < 1.29 is 9.13 Å². The second-order valence-corrected chi connectivity index (χ2v) is 5.05. The van der Waals surface area contributed by atoms with Gasteiger partial charge in [0, 0.05) is 23.2 Å². The first kappa shape index (κ1) is 14.8. The van der Waals surface area contributed by atoms with Gasteiger partial charge < -0.3 is 10.1 Å². The van der Waals surface area contributed by atoms with Gasteiger partial charge in [0.2, 0.25) is 0 Å². The number of ether oxygens (including phenoxy) is 1. The van der Waals surface area contributed by atoms with Crippen LogP contribution in [0, 0.1) is 5.82 Å². The Balaban J connectivity index is 2.02. The lowest BCUT2D eigenvalue weighted by atomic mass is 10.1. The molecule has 4 heteroatoms. The highest BCUT2D eigenvalue weighted by Gasteiger charge is 2.08. The zero-order valence-electron chi connectivity index (χ0n) is 11.5. The van der Waals surface area contributed by atoms with Crippen LogP contribution in [-0.4, -0.2) is 7.11 Å². The summed E-state index contributed by atoms with van der Waals surface area (Å²) in [6.45, 7) is 2.48. The van der Waals surface area contributed by atoms with E-state index in [1.54, 1.807) is 19.2 Å². The minimum Gasteiger partial charge on any atom is -0.497 e. The van der Waals surface area contributed by atoms with E-state index in [0.29, 0.717) is 17.1 Å². The Morgan fingerprint density at radius 2 is 2.05 bits per heavy atom. The molecule has 1 N–H and O–H groups in total. The molecule has 0 aliphatic heterocycles. The summed E-state index contributed by atoms with van der Waals surface area (Å²) >= 11 is 5.73. The Morgan fingerprint density at radius 3 is 2.75 bits per heavy atom. The van der Waals surface area contributed by atoms with Crippen molar-refractivity contribution in [3.63, 3.8) is 0 Å². The molecule has 106 valence electrons. The molecule has 0 aliphatic carbocycles. The third-order valence-electron chi connectivity index (χ3n) is 3.21. The van der Waals surface area contributed by atoms with Crippen LogP contribution in [0.5, 0.6) is 5.75 Å².